The first-order valence-electron chi connectivity index (χ1n) is 11.5. The van der Waals surface area contributed by atoms with Crippen LogP contribution >= 0.6 is 0 Å². The number of carbonyl (C=O) groups excluding carboxylic acids is 1. The summed E-state index contributed by atoms with van der Waals surface area (Å²) in [5.41, 5.74) is 1.05. The van der Waals surface area contributed by atoms with Crippen LogP contribution in [-0.4, -0.2) is 48.1 Å². The Hall–Kier alpha value is -1.55. The first kappa shape index (κ1) is 19.8. The standard InChI is InChI=1S/C24H36N2O2/c27-24(28-19-20-7-3-1-4-8-20)26-17-15-25(16-18-26)23-13-11-22(12-14-23)21-9-5-2-6-10-21/h1,3-4,7-8,21-23H,2,5-6,9-19H2. The summed E-state index contributed by atoms with van der Waals surface area (Å²) in [7, 11) is 0. The summed E-state index contributed by atoms with van der Waals surface area (Å²) in [6, 6.07) is 10.7. The Kier molecular flexibility index (Phi) is 6.90. The third-order valence-electron chi connectivity index (χ3n) is 7.35. The smallest absolute Gasteiger partial charge is 0.410 e. The zero-order valence-corrected chi connectivity index (χ0v) is 17.2. The Morgan fingerprint density at radius 2 is 1.46 bits per heavy atom. The summed E-state index contributed by atoms with van der Waals surface area (Å²) >= 11 is 0. The molecule has 154 valence electrons. The molecule has 3 aliphatic rings. The number of hydrogen-bond acceptors (Lipinski definition) is 3. The van der Waals surface area contributed by atoms with Gasteiger partial charge in [-0.05, 0) is 43.1 Å². The number of amides is 1. The van der Waals surface area contributed by atoms with Crippen LogP contribution in [0.1, 0.15) is 63.4 Å². The van der Waals surface area contributed by atoms with E-state index < -0.39 is 0 Å². The molecule has 1 saturated heterocycles. The molecule has 0 radical (unpaired) electrons. The van der Waals surface area contributed by atoms with E-state index in [0.717, 1.165) is 49.6 Å². The van der Waals surface area contributed by atoms with Crippen LogP contribution in [0.25, 0.3) is 0 Å². The van der Waals surface area contributed by atoms with Crippen molar-refractivity contribution in [1.29, 1.82) is 0 Å². The largest absolute Gasteiger partial charge is 0.445 e. The third-order valence-corrected chi connectivity index (χ3v) is 7.35. The van der Waals surface area contributed by atoms with Gasteiger partial charge in [0.25, 0.3) is 0 Å². The molecule has 0 bridgehead atoms. The van der Waals surface area contributed by atoms with Crippen LogP contribution in [0.3, 0.4) is 0 Å². The number of carbonyl (C=O) groups is 1. The lowest BCUT2D eigenvalue weighted by Crippen LogP contribution is -2.52. The van der Waals surface area contributed by atoms with E-state index in [-0.39, 0.29) is 6.09 Å². The summed E-state index contributed by atoms with van der Waals surface area (Å²) in [5.74, 6) is 2.01. The molecule has 2 saturated carbocycles. The highest BCUT2D eigenvalue weighted by Crippen LogP contribution is 2.39. The first-order chi connectivity index (χ1) is 13.8. The molecule has 1 amide bonds. The Balaban J connectivity index is 1.17. The van der Waals surface area contributed by atoms with Crippen LogP contribution in [0.5, 0.6) is 0 Å². The van der Waals surface area contributed by atoms with Crippen LogP contribution in [0.15, 0.2) is 30.3 Å². The molecule has 0 aromatic heterocycles. The molecule has 1 aliphatic heterocycles. The van der Waals surface area contributed by atoms with Gasteiger partial charge in [-0.2, -0.15) is 0 Å². The second-order valence-electron chi connectivity index (χ2n) is 9.03. The molecule has 0 spiro atoms. The molecule has 2 aliphatic carbocycles. The van der Waals surface area contributed by atoms with Gasteiger partial charge in [0.15, 0.2) is 0 Å². The Labute approximate surface area is 170 Å². The second kappa shape index (κ2) is 9.78. The number of nitrogens with zero attached hydrogens (tertiary/aromatic N) is 2. The van der Waals surface area contributed by atoms with E-state index in [1.54, 1.807) is 0 Å². The quantitative estimate of drug-likeness (QED) is 0.726. The van der Waals surface area contributed by atoms with Crippen LogP contribution in [0.2, 0.25) is 0 Å². The zero-order valence-electron chi connectivity index (χ0n) is 17.2. The van der Waals surface area contributed by atoms with E-state index >= 15 is 0 Å². The monoisotopic (exact) mass is 384 g/mol. The van der Waals surface area contributed by atoms with Gasteiger partial charge >= 0.3 is 6.09 Å². The van der Waals surface area contributed by atoms with E-state index in [9.17, 15) is 4.79 Å². The fourth-order valence-corrected chi connectivity index (χ4v) is 5.62. The lowest BCUT2D eigenvalue weighted by molar-refractivity contribution is 0.0438. The van der Waals surface area contributed by atoms with Crippen LogP contribution in [0.4, 0.5) is 4.79 Å². The number of benzene rings is 1. The zero-order chi connectivity index (χ0) is 19.2. The van der Waals surface area contributed by atoms with E-state index in [1.165, 1.54) is 57.8 Å². The minimum atomic E-state index is -0.162. The maximum absolute atomic E-state index is 12.4. The van der Waals surface area contributed by atoms with Crippen molar-refractivity contribution in [1.82, 2.24) is 9.80 Å². The maximum atomic E-state index is 12.4. The first-order valence-corrected chi connectivity index (χ1v) is 11.5. The van der Waals surface area contributed by atoms with Gasteiger partial charge in [-0.25, -0.2) is 4.79 Å². The highest BCUT2D eigenvalue weighted by Gasteiger charge is 2.32. The predicted octanol–water partition coefficient (Wildman–Crippen LogP) is 5.08. The molecule has 0 unspecified atom stereocenters. The molecule has 4 nitrogen and oxygen atoms in total. The van der Waals surface area contributed by atoms with Crippen molar-refractivity contribution in [3.63, 3.8) is 0 Å². The molecule has 1 aromatic carbocycles. The van der Waals surface area contributed by atoms with Crippen molar-refractivity contribution in [2.24, 2.45) is 11.8 Å². The average molecular weight is 385 g/mol. The number of rotatable bonds is 4. The highest BCUT2D eigenvalue weighted by molar-refractivity contribution is 5.67. The van der Waals surface area contributed by atoms with Crippen LogP contribution in [-0.2, 0) is 11.3 Å². The summed E-state index contributed by atoms with van der Waals surface area (Å²) in [6.45, 7) is 3.97. The molecular formula is C24H36N2O2. The minimum absolute atomic E-state index is 0.162. The topological polar surface area (TPSA) is 32.8 Å². The van der Waals surface area contributed by atoms with E-state index in [4.69, 9.17) is 4.74 Å². The van der Waals surface area contributed by atoms with Gasteiger partial charge in [0.2, 0.25) is 0 Å². The summed E-state index contributed by atoms with van der Waals surface area (Å²) in [4.78, 5) is 16.9. The number of piperazine rings is 1. The lowest BCUT2D eigenvalue weighted by atomic mass is 9.72. The van der Waals surface area contributed by atoms with E-state index in [0.29, 0.717) is 6.61 Å². The summed E-state index contributed by atoms with van der Waals surface area (Å²) in [5, 5.41) is 0. The van der Waals surface area contributed by atoms with Gasteiger partial charge in [0.1, 0.15) is 6.61 Å². The SMILES string of the molecule is O=C(OCc1ccccc1)N1CCN(C2CCC(C3CCCCC3)CC2)CC1. The molecule has 3 fully saturated rings. The van der Waals surface area contributed by atoms with E-state index in [2.05, 4.69) is 4.90 Å². The average Bonchev–Trinajstić information content (AvgIpc) is 2.79. The molecule has 4 heteroatoms. The van der Waals surface area contributed by atoms with Crippen molar-refractivity contribution >= 4 is 6.09 Å². The van der Waals surface area contributed by atoms with Crippen molar-refractivity contribution in [2.45, 2.75) is 70.4 Å². The third kappa shape index (κ3) is 5.08. The van der Waals surface area contributed by atoms with Crippen LogP contribution < -0.4 is 0 Å². The molecule has 1 aromatic rings. The molecule has 1 heterocycles. The Morgan fingerprint density at radius 3 is 2.14 bits per heavy atom. The second-order valence-corrected chi connectivity index (χ2v) is 9.03. The van der Waals surface area contributed by atoms with Gasteiger partial charge in [-0.15, -0.1) is 0 Å². The van der Waals surface area contributed by atoms with Gasteiger partial charge in [-0.3, -0.25) is 4.90 Å². The van der Waals surface area contributed by atoms with Gasteiger partial charge in [0.05, 0.1) is 0 Å². The molecule has 0 atom stereocenters. The number of hydrogen-bond donors (Lipinski definition) is 0. The van der Waals surface area contributed by atoms with E-state index in [1.807, 2.05) is 35.2 Å². The molecule has 4 rings (SSSR count). The van der Waals surface area contributed by atoms with Gasteiger partial charge < -0.3 is 9.64 Å². The Morgan fingerprint density at radius 1 is 0.821 bits per heavy atom. The minimum Gasteiger partial charge on any atom is -0.445 e. The number of ether oxygens (including phenoxy) is 1. The van der Waals surface area contributed by atoms with Crippen LogP contribution in [0, 0.1) is 11.8 Å². The highest BCUT2D eigenvalue weighted by atomic mass is 16.6. The van der Waals surface area contributed by atoms with Gasteiger partial charge in [-0.1, -0.05) is 62.4 Å². The van der Waals surface area contributed by atoms with Crippen molar-refractivity contribution in [3.05, 3.63) is 35.9 Å². The summed E-state index contributed by atoms with van der Waals surface area (Å²) in [6.07, 6.45) is 12.8. The van der Waals surface area contributed by atoms with Crippen molar-refractivity contribution in [2.75, 3.05) is 26.2 Å². The molecular weight excluding hydrogens is 348 g/mol. The van der Waals surface area contributed by atoms with Crippen molar-refractivity contribution < 1.29 is 9.53 Å². The Bertz CT molecular complexity index is 598. The fraction of sp³-hybridized carbons (Fsp3) is 0.708. The maximum Gasteiger partial charge on any atom is 0.410 e. The molecule has 0 N–H and O–H groups in total. The van der Waals surface area contributed by atoms with Crippen molar-refractivity contribution in [3.8, 4) is 0 Å². The molecule has 28 heavy (non-hydrogen) atoms. The fourth-order valence-electron chi connectivity index (χ4n) is 5.62. The van der Waals surface area contributed by atoms with Gasteiger partial charge in [0, 0.05) is 32.2 Å². The normalized spacial score (nSPS) is 27.5. The summed E-state index contributed by atoms with van der Waals surface area (Å²) < 4.78 is 5.50. The lowest BCUT2D eigenvalue weighted by Gasteiger charge is -2.43. The predicted molar refractivity (Wildman–Crippen MR) is 112 cm³/mol.